The van der Waals surface area contributed by atoms with Crippen LogP contribution in [0.5, 0.6) is 0 Å². The number of nitrogens with zero attached hydrogens (tertiary/aromatic N) is 1. The normalized spacial score (nSPS) is 15.4. The van der Waals surface area contributed by atoms with Crippen LogP contribution in [-0.4, -0.2) is 47.3 Å². The van der Waals surface area contributed by atoms with Gasteiger partial charge in [-0.15, -0.1) is 23.2 Å². The number of aliphatic hydroxyl groups is 1. The number of carbonyl (C=O) groups is 1. The third-order valence-electron chi connectivity index (χ3n) is 4.16. The van der Waals surface area contributed by atoms with Gasteiger partial charge in [0, 0.05) is 37.0 Å². The van der Waals surface area contributed by atoms with Gasteiger partial charge in [0.1, 0.15) is 0 Å². The highest BCUT2D eigenvalue weighted by Gasteiger charge is 2.17. The largest absolute Gasteiger partial charge is 0.388 e. The first-order valence-corrected chi connectivity index (χ1v) is 9.16. The highest BCUT2D eigenvalue weighted by molar-refractivity contribution is 6.18. The van der Waals surface area contributed by atoms with Crippen molar-refractivity contribution < 1.29 is 9.90 Å². The summed E-state index contributed by atoms with van der Waals surface area (Å²) in [6.07, 6.45) is 2.36. The predicted molar refractivity (Wildman–Crippen MR) is 95.5 cm³/mol. The summed E-state index contributed by atoms with van der Waals surface area (Å²) in [6, 6.07) is 5.79. The molecule has 0 radical (unpaired) electrons. The van der Waals surface area contributed by atoms with Crippen molar-refractivity contribution >= 4 is 34.8 Å². The molecule has 1 atom stereocenters. The molecule has 1 unspecified atom stereocenters. The first-order valence-electron chi connectivity index (χ1n) is 8.09. The Labute approximate surface area is 147 Å². The van der Waals surface area contributed by atoms with E-state index in [-0.39, 0.29) is 5.91 Å². The highest BCUT2D eigenvalue weighted by atomic mass is 35.5. The van der Waals surface area contributed by atoms with Crippen LogP contribution in [0.15, 0.2) is 18.2 Å². The van der Waals surface area contributed by atoms with Crippen LogP contribution in [-0.2, 0) is 11.2 Å². The Hall–Kier alpha value is -0.810. The van der Waals surface area contributed by atoms with E-state index in [4.69, 9.17) is 23.2 Å². The van der Waals surface area contributed by atoms with E-state index < -0.39 is 6.10 Å². The number of halogens is 2. The van der Waals surface area contributed by atoms with Gasteiger partial charge in [-0.3, -0.25) is 4.79 Å². The number of fused-ring (bicyclic) bond motifs is 1. The zero-order valence-corrected chi connectivity index (χ0v) is 14.7. The van der Waals surface area contributed by atoms with Crippen LogP contribution >= 0.6 is 23.2 Å². The van der Waals surface area contributed by atoms with E-state index in [2.05, 4.69) is 10.2 Å². The Morgan fingerprint density at radius 2 is 1.91 bits per heavy atom. The Morgan fingerprint density at radius 3 is 2.61 bits per heavy atom. The van der Waals surface area contributed by atoms with Crippen molar-refractivity contribution in [2.75, 3.05) is 36.7 Å². The molecule has 0 aromatic heterocycles. The van der Waals surface area contributed by atoms with E-state index in [1.54, 1.807) is 0 Å². The van der Waals surface area contributed by atoms with E-state index in [1.807, 2.05) is 18.2 Å². The predicted octanol–water partition coefficient (Wildman–Crippen LogP) is 3.16. The molecule has 6 heteroatoms. The van der Waals surface area contributed by atoms with Crippen LogP contribution in [0.3, 0.4) is 0 Å². The van der Waals surface area contributed by atoms with E-state index in [9.17, 15) is 9.90 Å². The number of aryl methyl sites for hydroxylation is 1. The molecule has 0 saturated heterocycles. The van der Waals surface area contributed by atoms with Crippen molar-refractivity contribution in [1.82, 2.24) is 4.90 Å². The van der Waals surface area contributed by atoms with Gasteiger partial charge in [0.15, 0.2) is 0 Å². The topological polar surface area (TPSA) is 52.6 Å². The van der Waals surface area contributed by atoms with E-state index >= 15 is 0 Å². The summed E-state index contributed by atoms with van der Waals surface area (Å²) in [4.78, 5) is 13.6. The SMILES string of the molecule is O=C1CCc2cc(C(O)CCCN(CCCl)CCCl)ccc2N1. The highest BCUT2D eigenvalue weighted by Crippen LogP contribution is 2.27. The minimum absolute atomic E-state index is 0.0597. The fraction of sp³-hybridized carbons (Fsp3) is 0.588. The number of amides is 1. The van der Waals surface area contributed by atoms with Crippen LogP contribution in [0.1, 0.15) is 36.5 Å². The molecule has 1 aromatic rings. The lowest BCUT2D eigenvalue weighted by Crippen LogP contribution is -2.29. The Bertz CT molecular complexity index is 519. The lowest BCUT2D eigenvalue weighted by atomic mass is 9.96. The summed E-state index contributed by atoms with van der Waals surface area (Å²) in [5.74, 6) is 1.25. The minimum Gasteiger partial charge on any atom is -0.388 e. The van der Waals surface area contributed by atoms with Gasteiger partial charge in [0.2, 0.25) is 5.91 Å². The van der Waals surface area contributed by atoms with Gasteiger partial charge in [-0.05, 0) is 43.0 Å². The molecule has 1 aliphatic heterocycles. The van der Waals surface area contributed by atoms with Crippen LogP contribution < -0.4 is 5.32 Å². The molecule has 1 amide bonds. The maximum Gasteiger partial charge on any atom is 0.224 e. The molecule has 1 aliphatic rings. The maximum absolute atomic E-state index is 11.4. The number of alkyl halides is 2. The molecule has 4 nitrogen and oxygen atoms in total. The fourth-order valence-corrected chi connectivity index (χ4v) is 3.34. The van der Waals surface area contributed by atoms with Crippen molar-refractivity contribution in [3.8, 4) is 0 Å². The number of anilines is 1. The van der Waals surface area contributed by atoms with Crippen molar-refractivity contribution in [1.29, 1.82) is 0 Å². The van der Waals surface area contributed by atoms with Crippen LogP contribution in [0.4, 0.5) is 5.69 Å². The van der Waals surface area contributed by atoms with Crippen LogP contribution in [0.25, 0.3) is 0 Å². The lowest BCUT2D eigenvalue weighted by molar-refractivity contribution is -0.116. The van der Waals surface area contributed by atoms with Crippen molar-refractivity contribution in [2.45, 2.75) is 31.8 Å². The summed E-state index contributed by atoms with van der Waals surface area (Å²) < 4.78 is 0. The first-order chi connectivity index (χ1) is 11.1. The number of hydrogen-bond acceptors (Lipinski definition) is 3. The zero-order chi connectivity index (χ0) is 16.7. The number of benzene rings is 1. The van der Waals surface area contributed by atoms with Gasteiger partial charge in [0.25, 0.3) is 0 Å². The molecule has 2 N–H and O–H groups in total. The van der Waals surface area contributed by atoms with Gasteiger partial charge in [-0.1, -0.05) is 12.1 Å². The molecule has 2 rings (SSSR count). The van der Waals surface area contributed by atoms with Gasteiger partial charge in [-0.25, -0.2) is 0 Å². The second-order valence-corrected chi connectivity index (χ2v) is 6.60. The lowest BCUT2D eigenvalue weighted by Gasteiger charge is -2.22. The number of carbonyl (C=O) groups excluding carboxylic acids is 1. The summed E-state index contributed by atoms with van der Waals surface area (Å²) >= 11 is 11.6. The first kappa shape index (κ1) is 18.5. The fourth-order valence-electron chi connectivity index (χ4n) is 2.86. The maximum atomic E-state index is 11.4. The van der Waals surface area contributed by atoms with Crippen molar-refractivity contribution in [2.24, 2.45) is 0 Å². The van der Waals surface area contributed by atoms with Crippen molar-refractivity contribution in [3.63, 3.8) is 0 Å². The molecule has 0 bridgehead atoms. The summed E-state index contributed by atoms with van der Waals surface area (Å²) in [6.45, 7) is 2.53. The molecule has 1 aromatic carbocycles. The molecular weight excluding hydrogens is 335 g/mol. The van der Waals surface area contributed by atoms with Crippen LogP contribution in [0.2, 0.25) is 0 Å². The monoisotopic (exact) mass is 358 g/mol. The van der Waals surface area contributed by atoms with Crippen LogP contribution in [0, 0.1) is 0 Å². The zero-order valence-electron chi connectivity index (χ0n) is 13.2. The van der Waals surface area contributed by atoms with Gasteiger partial charge in [-0.2, -0.15) is 0 Å². The molecule has 0 fully saturated rings. The van der Waals surface area contributed by atoms with Gasteiger partial charge >= 0.3 is 0 Å². The average Bonchev–Trinajstić information content (AvgIpc) is 2.54. The average molecular weight is 359 g/mol. The molecular formula is C17H24Cl2N2O2. The minimum atomic E-state index is -0.480. The molecule has 128 valence electrons. The second-order valence-electron chi connectivity index (χ2n) is 5.84. The smallest absolute Gasteiger partial charge is 0.224 e. The van der Waals surface area contributed by atoms with Gasteiger partial charge in [0.05, 0.1) is 6.10 Å². The van der Waals surface area contributed by atoms with E-state index in [0.29, 0.717) is 24.6 Å². The molecule has 1 heterocycles. The molecule has 23 heavy (non-hydrogen) atoms. The number of hydrogen-bond donors (Lipinski definition) is 2. The quantitative estimate of drug-likeness (QED) is 0.666. The van der Waals surface area contributed by atoms with E-state index in [1.165, 1.54) is 0 Å². The van der Waals surface area contributed by atoms with E-state index in [0.717, 1.165) is 49.3 Å². The third-order valence-corrected chi connectivity index (χ3v) is 4.50. The summed E-state index contributed by atoms with van der Waals surface area (Å²) in [5.41, 5.74) is 2.89. The number of nitrogens with one attached hydrogen (secondary N) is 1. The van der Waals surface area contributed by atoms with Gasteiger partial charge < -0.3 is 15.3 Å². The summed E-state index contributed by atoms with van der Waals surface area (Å²) in [7, 11) is 0. The number of rotatable bonds is 9. The standard InChI is InChI=1S/C17H24Cl2N2O2/c18-7-10-21(11-8-19)9-1-2-16(22)14-3-5-15-13(12-14)4-6-17(23)20-15/h3,5,12,16,22H,1-2,4,6-11H2,(H,20,23). The Balaban J connectivity index is 1.86. The molecule has 0 spiro atoms. The second kappa shape index (κ2) is 9.48. The Kier molecular flexibility index (Phi) is 7.63. The third kappa shape index (κ3) is 5.64. The molecule has 0 saturated carbocycles. The van der Waals surface area contributed by atoms with Crippen molar-refractivity contribution in [3.05, 3.63) is 29.3 Å². The summed E-state index contributed by atoms with van der Waals surface area (Å²) in [5, 5.41) is 13.2. The molecule has 0 aliphatic carbocycles. The Morgan fingerprint density at radius 1 is 1.17 bits per heavy atom. The number of aliphatic hydroxyl groups excluding tert-OH is 1.